The Labute approximate surface area is 161 Å². The Morgan fingerprint density at radius 3 is 2.48 bits per heavy atom. The van der Waals surface area contributed by atoms with E-state index in [-0.39, 0.29) is 29.6 Å². The lowest BCUT2D eigenvalue weighted by molar-refractivity contribution is -0.140. The highest BCUT2D eigenvalue weighted by atomic mass is 16.2. The van der Waals surface area contributed by atoms with Crippen molar-refractivity contribution in [3.8, 4) is 0 Å². The molecule has 3 saturated heterocycles. The number of hydrogen-bond donors (Lipinski definition) is 3. The first kappa shape index (κ1) is 18.8. The van der Waals surface area contributed by atoms with Crippen LogP contribution in [0.3, 0.4) is 0 Å². The van der Waals surface area contributed by atoms with Gasteiger partial charge in [-0.3, -0.25) is 9.69 Å². The molecular formula is C20H32N6O. The Hall–Kier alpha value is -1.51. The predicted octanol–water partition coefficient (Wildman–Crippen LogP) is -0.230. The normalized spacial score (nSPS) is 32.1. The molecule has 3 atom stereocenters. The number of benzene rings is 1. The molecule has 4 N–H and O–H groups in total. The molecule has 1 spiro atoms. The van der Waals surface area contributed by atoms with Gasteiger partial charge in [0.25, 0.3) is 0 Å². The molecule has 7 nitrogen and oxygen atoms in total. The van der Waals surface area contributed by atoms with Gasteiger partial charge < -0.3 is 15.5 Å². The van der Waals surface area contributed by atoms with Crippen molar-refractivity contribution in [3.63, 3.8) is 0 Å². The number of nitrogens with zero attached hydrogens (tertiary/aromatic N) is 3. The number of hydrazine groups is 1. The van der Waals surface area contributed by atoms with Crippen molar-refractivity contribution < 1.29 is 4.79 Å². The molecule has 1 amide bonds. The standard InChI is InChI=1S/C20H32N6O/c1-24-10-8-20(9-11-24)14-26(13-12-25(20)2)19(27)17-16(18(21)23-22-17)15-6-4-3-5-7-15/h3-7,16-18,22-23H,8-14,21H2,1-2H3. The quantitative estimate of drug-likeness (QED) is 0.666. The third-order valence-corrected chi connectivity index (χ3v) is 6.83. The summed E-state index contributed by atoms with van der Waals surface area (Å²) in [7, 11) is 4.39. The second kappa shape index (κ2) is 7.48. The maximum Gasteiger partial charge on any atom is 0.241 e. The van der Waals surface area contributed by atoms with Crippen LogP contribution in [0, 0.1) is 0 Å². The van der Waals surface area contributed by atoms with Gasteiger partial charge in [-0.2, -0.15) is 0 Å². The summed E-state index contributed by atoms with van der Waals surface area (Å²) < 4.78 is 0. The Balaban J connectivity index is 1.52. The van der Waals surface area contributed by atoms with Gasteiger partial charge in [0.05, 0.1) is 6.17 Å². The number of amides is 1. The van der Waals surface area contributed by atoms with Gasteiger partial charge in [-0.15, -0.1) is 0 Å². The highest BCUT2D eigenvalue weighted by Gasteiger charge is 2.46. The molecule has 3 fully saturated rings. The minimum absolute atomic E-state index is 0.0632. The van der Waals surface area contributed by atoms with Crippen LogP contribution in [-0.4, -0.2) is 85.2 Å². The molecule has 4 rings (SSSR count). The fourth-order valence-corrected chi connectivity index (χ4v) is 4.89. The van der Waals surface area contributed by atoms with Gasteiger partial charge in [-0.25, -0.2) is 10.9 Å². The molecule has 0 saturated carbocycles. The molecule has 148 valence electrons. The molecule has 7 heteroatoms. The van der Waals surface area contributed by atoms with Gasteiger partial charge in [0.1, 0.15) is 6.04 Å². The molecule has 0 aromatic heterocycles. The Kier molecular flexibility index (Phi) is 5.22. The van der Waals surface area contributed by atoms with Crippen LogP contribution in [0.2, 0.25) is 0 Å². The van der Waals surface area contributed by atoms with Gasteiger partial charge in [-0.05, 0) is 45.6 Å². The van der Waals surface area contributed by atoms with E-state index in [0.29, 0.717) is 0 Å². The number of likely N-dealkylation sites (N-methyl/N-ethyl adjacent to an activating group) is 1. The van der Waals surface area contributed by atoms with Crippen molar-refractivity contribution in [2.75, 3.05) is 46.8 Å². The number of carbonyl (C=O) groups excluding carboxylic acids is 1. The van der Waals surface area contributed by atoms with Crippen LogP contribution in [-0.2, 0) is 4.79 Å². The Morgan fingerprint density at radius 2 is 1.78 bits per heavy atom. The molecule has 1 aromatic carbocycles. The van der Waals surface area contributed by atoms with Crippen LogP contribution in [0.1, 0.15) is 24.3 Å². The van der Waals surface area contributed by atoms with Crippen molar-refractivity contribution in [3.05, 3.63) is 35.9 Å². The van der Waals surface area contributed by atoms with Crippen LogP contribution in [0.15, 0.2) is 30.3 Å². The zero-order chi connectivity index (χ0) is 19.0. The highest BCUT2D eigenvalue weighted by molar-refractivity contribution is 5.84. The molecule has 3 heterocycles. The minimum Gasteiger partial charge on any atom is -0.338 e. The maximum atomic E-state index is 13.5. The lowest BCUT2D eigenvalue weighted by Gasteiger charge is -2.53. The summed E-state index contributed by atoms with van der Waals surface area (Å²) >= 11 is 0. The molecule has 27 heavy (non-hydrogen) atoms. The van der Waals surface area contributed by atoms with E-state index in [1.165, 1.54) is 0 Å². The zero-order valence-corrected chi connectivity index (χ0v) is 16.4. The third-order valence-electron chi connectivity index (χ3n) is 6.83. The molecular weight excluding hydrogens is 340 g/mol. The Morgan fingerprint density at radius 1 is 1.07 bits per heavy atom. The molecule has 0 aliphatic carbocycles. The van der Waals surface area contributed by atoms with Gasteiger partial charge in [0.15, 0.2) is 0 Å². The number of piperazine rings is 1. The van der Waals surface area contributed by atoms with Crippen LogP contribution < -0.4 is 16.6 Å². The second-order valence-corrected chi connectivity index (χ2v) is 8.44. The van der Waals surface area contributed by atoms with Crippen LogP contribution in [0.25, 0.3) is 0 Å². The summed E-state index contributed by atoms with van der Waals surface area (Å²) in [5, 5.41) is 0. The predicted molar refractivity (Wildman–Crippen MR) is 106 cm³/mol. The van der Waals surface area contributed by atoms with E-state index in [1.54, 1.807) is 0 Å². The first-order chi connectivity index (χ1) is 13.0. The molecule has 1 aromatic rings. The lowest BCUT2D eigenvalue weighted by Crippen LogP contribution is -2.66. The summed E-state index contributed by atoms with van der Waals surface area (Å²) in [4.78, 5) is 20.4. The van der Waals surface area contributed by atoms with Gasteiger partial charge in [0, 0.05) is 31.1 Å². The monoisotopic (exact) mass is 372 g/mol. The molecule has 0 radical (unpaired) electrons. The second-order valence-electron chi connectivity index (χ2n) is 8.44. The van der Waals surface area contributed by atoms with E-state index >= 15 is 0 Å². The molecule has 3 aliphatic heterocycles. The van der Waals surface area contributed by atoms with E-state index in [2.05, 4.69) is 51.8 Å². The molecule has 3 aliphatic rings. The summed E-state index contributed by atoms with van der Waals surface area (Å²) in [6.07, 6.45) is 1.95. The largest absolute Gasteiger partial charge is 0.338 e. The van der Waals surface area contributed by atoms with Gasteiger partial charge in [-0.1, -0.05) is 30.3 Å². The van der Waals surface area contributed by atoms with Gasteiger partial charge in [0.2, 0.25) is 5.91 Å². The van der Waals surface area contributed by atoms with Crippen molar-refractivity contribution in [1.29, 1.82) is 0 Å². The minimum atomic E-state index is -0.325. The van der Waals surface area contributed by atoms with Crippen molar-refractivity contribution in [2.45, 2.75) is 36.5 Å². The zero-order valence-electron chi connectivity index (χ0n) is 16.4. The number of piperidine rings is 1. The van der Waals surface area contributed by atoms with E-state index in [1.807, 2.05) is 18.2 Å². The number of likely N-dealkylation sites (tertiary alicyclic amines) is 1. The lowest BCUT2D eigenvalue weighted by atomic mass is 9.83. The Bertz CT molecular complexity index is 660. The van der Waals surface area contributed by atoms with Crippen LogP contribution >= 0.6 is 0 Å². The molecule has 0 bridgehead atoms. The number of hydrogen-bond acceptors (Lipinski definition) is 6. The van der Waals surface area contributed by atoms with E-state index in [0.717, 1.165) is 51.1 Å². The summed E-state index contributed by atoms with van der Waals surface area (Å²) in [6, 6.07) is 9.79. The molecule has 3 unspecified atom stereocenters. The van der Waals surface area contributed by atoms with E-state index < -0.39 is 0 Å². The number of rotatable bonds is 2. The topological polar surface area (TPSA) is 76.9 Å². The van der Waals surface area contributed by atoms with Gasteiger partial charge >= 0.3 is 0 Å². The first-order valence-corrected chi connectivity index (χ1v) is 10.0. The van der Waals surface area contributed by atoms with Crippen molar-refractivity contribution in [2.24, 2.45) is 5.73 Å². The van der Waals surface area contributed by atoms with Crippen molar-refractivity contribution in [1.82, 2.24) is 25.6 Å². The van der Waals surface area contributed by atoms with Crippen LogP contribution in [0.5, 0.6) is 0 Å². The average molecular weight is 373 g/mol. The smallest absolute Gasteiger partial charge is 0.241 e. The summed E-state index contributed by atoms with van der Waals surface area (Å²) in [5.41, 5.74) is 13.8. The van der Waals surface area contributed by atoms with Crippen molar-refractivity contribution >= 4 is 5.91 Å². The third kappa shape index (κ3) is 3.50. The fraction of sp³-hybridized carbons (Fsp3) is 0.650. The highest BCUT2D eigenvalue weighted by Crippen LogP contribution is 2.33. The first-order valence-electron chi connectivity index (χ1n) is 10.0. The number of nitrogens with one attached hydrogen (secondary N) is 2. The number of nitrogens with two attached hydrogens (primary N) is 1. The summed E-state index contributed by atoms with van der Waals surface area (Å²) in [5.74, 6) is 0.0995. The SMILES string of the molecule is CN1CCC2(CC1)CN(C(=O)C1NNC(N)C1c1ccccc1)CCN2C. The van der Waals surface area contributed by atoms with E-state index in [4.69, 9.17) is 5.73 Å². The fourth-order valence-electron chi connectivity index (χ4n) is 4.89. The number of carbonyl (C=O) groups is 1. The summed E-state index contributed by atoms with van der Waals surface area (Å²) in [6.45, 7) is 4.70. The van der Waals surface area contributed by atoms with E-state index in [9.17, 15) is 4.79 Å². The van der Waals surface area contributed by atoms with Crippen LogP contribution in [0.4, 0.5) is 0 Å². The maximum absolute atomic E-state index is 13.5. The average Bonchev–Trinajstić information content (AvgIpc) is 3.08.